The van der Waals surface area contributed by atoms with E-state index in [-0.39, 0.29) is 6.04 Å². The van der Waals surface area contributed by atoms with Crippen molar-refractivity contribution in [1.29, 1.82) is 0 Å². The minimum absolute atomic E-state index is 0.0314. The molecule has 0 fully saturated rings. The van der Waals surface area contributed by atoms with Crippen molar-refractivity contribution in [2.24, 2.45) is 5.73 Å². The lowest BCUT2D eigenvalue weighted by atomic mass is 9.96. The number of aliphatic carboxylic acids is 1. The topological polar surface area (TPSA) is 75.8 Å². The van der Waals surface area contributed by atoms with Gasteiger partial charge in [0.1, 0.15) is 11.8 Å². The van der Waals surface area contributed by atoms with Crippen LogP contribution < -0.4 is 15.4 Å². The minimum atomic E-state index is -0.946. The first-order valence-electron chi connectivity index (χ1n) is 10.6. The summed E-state index contributed by atoms with van der Waals surface area (Å²) in [4.78, 5) is 13.4. The standard InChI is InChI=1S/C26H30N2O3/c1-31-23-17-15-22(16-18-23)28(19-9-8-14-24(27)26(29)30)25(20-10-4-2-5-11-20)21-12-6-3-7-13-21/h2-7,10-13,15-18,24-25H,8-9,14,19,27H2,1H3,(H,29,30)/t24-/m1/s1. The highest BCUT2D eigenvalue weighted by Crippen LogP contribution is 2.34. The van der Waals surface area contributed by atoms with E-state index in [1.54, 1.807) is 7.11 Å². The van der Waals surface area contributed by atoms with Gasteiger partial charge in [-0.2, -0.15) is 0 Å². The molecule has 0 spiro atoms. The van der Waals surface area contributed by atoms with Gasteiger partial charge in [0.25, 0.3) is 0 Å². The van der Waals surface area contributed by atoms with Gasteiger partial charge in [0.05, 0.1) is 13.2 Å². The second-order valence-corrected chi connectivity index (χ2v) is 7.56. The molecule has 3 N–H and O–H groups in total. The molecule has 1 atom stereocenters. The maximum Gasteiger partial charge on any atom is 0.320 e. The van der Waals surface area contributed by atoms with E-state index in [4.69, 9.17) is 15.6 Å². The molecule has 0 radical (unpaired) electrons. The predicted octanol–water partition coefficient (Wildman–Crippen LogP) is 4.87. The van der Waals surface area contributed by atoms with E-state index >= 15 is 0 Å². The van der Waals surface area contributed by atoms with Gasteiger partial charge in [-0.05, 0) is 54.7 Å². The average Bonchev–Trinajstić information content (AvgIpc) is 2.82. The fourth-order valence-electron chi connectivity index (χ4n) is 3.77. The van der Waals surface area contributed by atoms with Gasteiger partial charge in [-0.3, -0.25) is 4.79 Å². The fraction of sp³-hybridized carbons (Fsp3) is 0.269. The van der Waals surface area contributed by atoms with E-state index in [1.807, 2.05) is 24.3 Å². The molecule has 0 amide bonds. The van der Waals surface area contributed by atoms with Crippen LogP contribution in [-0.4, -0.2) is 30.8 Å². The molecule has 5 nitrogen and oxygen atoms in total. The van der Waals surface area contributed by atoms with Crippen LogP contribution in [0.25, 0.3) is 0 Å². The predicted molar refractivity (Wildman–Crippen MR) is 125 cm³/mol. The van der Waals surface area contributed by atoms with Crippen molar-refractivity contribution in [3.63, 3.8) is 0 Å². The Labute approximate surface area is 184 Å². The Hall–Kier alpha value is -3.31. The summed E-state index contributed by atoms with van der Waals surface area (Å²) in [5, 5.41) is 9.06. The van der Waals surface area contributed by atoms with Crippen molar-refractivity contribution in [1.82, 2.24) is 0 Å². The van der Waals surface area contributed by atoms with Gasteiger partial charge in [0, 0.05) is 12.2 Å². The van der Waals surface area contributed by atoms with Crippen LogP contribution in [0.1, 0.15) is 36.4 Å². The molecule has 0 saturated carbocycles. The van der Waals surface area contributed by atoms with Crippen LogP contribution in [0, 0.1) is 0 Å². The van der Waals surface area contributed by atoms with Gasteiger partial charge in [-0.25, -0.2) is 0 Å². The monoisotopic (exact) mass is 418 g/mol. The second-order valence-electron chi connectivity index (χ2n) is 7.56. The third-order valence-electron chi connectivity index (χ3n) is 5.43. The maximum atomic E-state index is 11.0. The van der Waals surface area contributed by atoms with Crippen LogP contribution in [0.4, 0.5) is 5.69 Å². The van der Waals surface area contributed by atoms with Gasteiger partial charge in [-0.15, -0.1) is 0 Å². The zero-order chi connectivity index (χ0) is 22.1. The van der Waals surface area contributed by atoms with E-state index in [2.05, 4.69) is 65.6 Å². The summed E-state index contributed by atoms with van der Waals surface area (Å²) in [5.41, 5.74) is 9.18. The maximum absolute atomic E-state index is 11.0. The number of methoxy groups -OCH3 is 1. The average molecular weight is 419 g/mol. The largest absolute Gasteiger partial charge is 0.497 e. The molecule has 0 unspecified atom stereocenters. The van der Waals surface area contributed by atoms with Gasteiger partial charge >= 0.3 is 5.97 Å². The number of carbonyl (C=O) groups is 1. The summed E-state index contributed by atoms with van der Waals surface area (Å²) in [5.74, 6) is -0.134. The summed E-state index contributed by atoms with van der Waals surface area (Å²) in [6, 6.07) is 28.2. The molecule has 5 heteroatoms. The zero-order valence-corrected chi connectivity index (χ0v) is 17.9. The van der Waals surface area contributed by atoms with Crippen LogP contribution in [0.3, 0.4) is 0 Å². The highest BCUT2D eigenvalue weighted by atomic mass is 16.5. The second kappa shape index (κ2) is 11.2. The lowest BCUT2D eigenvalue weighted by Crippen LogP contribution is -2.32. The van der Waals surface area contributed by atoms with E-state index in [9.17, 15) is 4.79 Å². The molecule has 0 saturated heterocycles. The number of nitrogens with two attached hydrogens (primary N) is 1. The molecule has 3 aromatic carbocycles. The molecular formula is C26H30N2O3. The molecule has 3 rings (SSSR count). The third kappa shape index (κ3) is 6.09. The number of rotatable bonds is 11. The van der Waals surface area contributed by atoms with E-state index in [0.717, 1.165) is 30.8 Å². The Morgan fingerprint density at radius 1 is 0.903 bits per heavy atom. The molecule has 0 aliphatic heterocycles. The van der Waals surface area contributed by atoms with E-state index in [1.165, 1.54) is 11.1 Å². The number of benzene rings is 3. The van der Waals surface area contributed by atoms with Crippen LogP contribution in [-0.2, 0) is 4.79 Å². The summed E-state index contributed by atoms with van der Waals surface area (Å²) < 4.78 is 5.34. The number of hydrogen-bond acceptors (Lipinski definition) is 4. The third-order valence-corrected chi connectivity index (χ3v) is 5.43. The van der Waals surface area contributed by atoms with Gasteiger partial charge in [0.15, 0.2) is 0 Å². The van der Waals surface area contributed by atoms with Crippen molar-refractivity contribution in [2.45, 2.75) is 31.3 Å². The first-order chi connectivity index (χ1) is 15.1. The molecule has 0 aliphatic carbocycles. The molecule has 0 bridgehead atoms. The lowest BCUT2D eigenvalue weighted by molar-refractivity contribution is -0.138. The van der Waals surface area contributed by atoms with E-state index < -0.39 is 12.0 Å². The number of anilines is 1. The molecule has 0 heterocycles. The Kier molecular flexibility index (Phi) is 8.07. The number of ether oxygens (including phenoxy) is 1. The minimum Gasteiger partial charge on any atom is -0.497 e. The van der Waals surface area contributed by atoms with Gasteiger partial charge < -0.3 is 20.5 Å². The fourth-order valence-corrected chi connectivity index (χ4v) is 3.77. The number of carboxylic acids is 1. The molecule has 162 valence electrons. The van der Waals surface area contributed by atoms with Crippen molar-refractivity contribution < 1.29 is 14.6 Å². The molecule has 0 aliphatic rings. The van der Waals surface area contributed by atoms with Crippen molar-refractivity contribution in [2.75, 3.05) is 18.6 Å². The number of unbranched alkanes of at least 4 members (excludes halogenated alkanes) is 1. The van der Waals surface area contributed by atoms with Crippen molar-refractivity contribution >= 4 is 11.7 Å². The number of nitrogens with zero attached hydrogens (tertiary/aromatic N) is 1. The van der Waals surface area contributed by atoms with Crippen molar-refractivity contribution in [3.05, 3.63) is 96.1 Å². The SMILES string of the molecule is COc1ccc(N(CCCC[C@@H](N)C(=O)O)C(c2ccccc2)c2ccccc2)cc1. The summed E-state index contributed by atoms with van der Waals surface area (Å²) in [6.07, 6.45) is 2.05. The summed E-state index contributed by atoms with van der Waals surface area (Å²) in [7, 11) is 1.66. The van der Waals surface area contributed by atoms with Crippen LogP contribution in [0.5, 0.6) is 5.75 Å². The Morgan fingerprint density at radius 3 is 1.94 bits per heavy atom. The molecular weight excluding hydrogens is 388 g/mol. The Balaban J connectivity index is 1.92. The highest BCUT2D eigenvalue weighted by Gasteiger charge is 2.23. The Morgan fingerprint density at radius 2 is 1.45 bits per heavy atom. The normalized spacial score (nSPS) is 11.8. The Bertz CT molecular complexity index is 890. The quantitative estimate of drug-likeness (QED) is 0.434. The van der Waals surface area contributed by atoms with Gasteiger partial charge in [-0.1, -0.05) is 60.7 Å². The highest BCUT2D eigenvalue weighted by molar-refractivity contribution is 5.72. The summed E-state index contributed by atoms with van der Waals surface area (Å²) in [6.45, 7) is 0.771. The van der Waals surface area contributed by atoms with Crippen molar-refractivity contribution in [3.8, 4) is 5.75 Å². The lowest BCUT2D eigenvalue weighted by Gasteiger charge is -2.35. The zero-order valence-electron chi connectivity index (χ0n) is 17.9. The summed E-state index contributed by atoms with van der Waals surface area (Å²) >= 11 is 0. The van der Waals surface area contributed by atoms with Gasteiger partial charge in [0.2, 0.25) is 0 Å². The van der Waals surface area contributed by atoms with Crippen LogP contribution in [0.2, 0.25) is 0 Å². The molecule has 31 heavy (non-hydrogen) atoms. The smallest absolute Gasteiger partial charge is 0.320 e. The first kappa shape index (κ1) is 22.4. The number of hydrogen-bond donors (Lipinski definition) is 2. The number of carboxylic acid groups (broad SMARTS) is 1. The van der Waals surface area contributed by atoms with Crippen LogP contribution >= 0.6 is 0 Å². The molecule has 3 aromatic rings. The van der Waals surface area contributed by atoms with E-state index in [0.29, 0.717) is 6.42 Å². The van der Waals surface area contributed by atoms with Crippen LogP contribution in [0.15, 0.2) is 84.9 Å². The molecule has 0 aromatic heterocycles. The first-order valence-corrected chi connectivity index (χ1v) is 10.6.